The van der Waals surface area contributed by atoms with Crippen LogP contribution in [0.4, 0.5) is 5.82 Å². The largest absolute Gasteiger partial charge is 0.497 e. The van der Waals surface area contributed by atoms with E-state index in [9.17, 15) is 13.2 Å². The molecule has 2 aromatic carbocycles. The molecular weight excluding hydrogens is 464 g/mol. The van der Waals surface area contributed by atoms with Gasteiger partial charge in [-0.2, -0.15) is 9.78 Å². The molecule has 9 nitrogen and oxygen atoms in total. The second kappa shape index (κ2) is 9.20. The third-order valence-corrected chi connectivity index (χ3v) is 7.61. The first-order valence-electron chi connectivity index (χ1n) is 9.97. The van der Waals surface area contributed by atoms with Crippen molar-refractivity contribution in [3.63, 3.8) is 0 Å². The van der Waals surface area contributed by atoms with Gasteiger partial charge in [-0.1, -0.05) is 11.3 Å². The maximum atomic E-state index is 12.6. The number of carbonyl (C=O) groups is 1. The van der Waals surface area contributed by atoms with Crippen LogP contribution >= 0.6 is 11.3 Å². The lowest BCUT2D eigenvalue weighted by Crippen LogP contribution is -2.19. The Morgan fingerprint density at radius 1 is 1.06 bits per heavy atom. The Labute approximate surface area is 194 Å². The highest BCUT2D eigenvalue weighted by molar-refractivity contribution is 7.91. The molecule has 0 aliphatic rings. The molecule has 1 N–H and O–H groups in total. The summed E-state index contributed by atoms with van der Waals surface area (Å²) in [6, 6.07) is 13.3. The summed E-state index contributed by atoms with van der Waals surface area (Å²) < 4.78 is 37.9. The second-order valence-electron chi connectivity index (χ2n) is 7.21. The smallest absolute Gasteiger partial charge is 0.226 e. The number of fused-ring (bicyclic) bond motifs is 1. The average molecular weight is 487 g/mol. The van der Waals surface area contributed by atoms with Crippen LogP contribution in [-0.4, -0.2) is 49.1 Å². The van der Waals surface area contributed by atoms with Crippen molar-refractivity contribution in [2.45, 2.75) is 18.2 Å². The fourth-order valence-corrected chi connectivity index (χ4v) is 5.38. The number of aromatic nitrogens is 3. The molecule has 0 saturated carbocycles. The van der Waals surface area contributed by atoms with Crippen molar-refractivity contribution >= 4 is 43.1 Å². The Bertz CT molecular complexity index is 1410. The molecule has 33 heavy (non-hydrogen) atoms. The quantitative estimate of drug-likeness (QED) is 0.405. The maximum absolute atomic E-state index is 12.6. The third kappa shape index (κ3) is 4.99. The van der Waals surface area contributed by atoms with Crippen molar-refractivity contribution < 1.29 is 22.7 Å². The van der Waals surface area contributed by atoms with Gasteiger partial charge < -0.3 is 14.8 Å². The van der Waals surface area contributed by atoms with Crippen molar-refractivity contribution in [1.82, 2.24) is 14.8 Å². The van der Waals surface area contributed by atoms with Gasteiger partial charge in [-0.15, -0.1) is 0 Å². The number of ether oxygens (including phenoxy) is 2. The fourth-order valence-electron chi connectivity index (χ4n) is 3.18. The summed E-state index contributed by atoms with van der Waals surface area (Å²) in [6.07, 6.45) is -0.199. The van der Waals surface area contributed by atoms with E-state index >= 15 is 0 Å². The molecule has 0 radical (unpaired) electrons. The van der Waals surface area contributed by atoms with E-state index in [1.165, 1.54) is 30.6 Å². The van der Waals surface area contributed by atoms with E-state index in [4.69, 9.17) is 9.47 Å². The summed E-state index contributed by atoms with van der Waals surface area (Å²) in [5.74, 6) is 0.949. The van der Waals surface area contributed by atoms with Crippen molar-refractivity contribution in [3.8, 4) is 16.6 Å². The Morgan fingerprint density at radius 2 is 1.76 bits per heavy atom. The molecule has 0 unspecified atom stereocenters. The van der Waals surface area contributed by atoms with Crippen LogP contribution in [0, 0.1) is 6.92 Å². The summed E-state index contributed by atoms with van der Waals surface area (Å²) in [7, 11) is -0.510. The average Bonchev–Trinajstić information content (AvgIpc) is 3.39. The van der Waals surface area contributed by atoms with Crippen LogP contribution in [0.25, 0.3) is 15.3 Å². The number of hydrogen-bond donors (Lipinski definition) is 1. The highest BCUT2D eigenvalue weighted by atomic mass is 32.2. The zero-order valence-corrected chi connectivity index (χ0v) is 19.9. The molecule has 0 spiro atoms. The van der Waals surface area contributed by atoms with Gasteiger partial charge >= 0.3 is 0 Å². The monoisotopic (exact) mass is 486 g/mol. The van der Waals surface area contributed by atoms with Crippen LogP contribution in [0.2, 0.25) is 0 Å². The predicted molar refractivity (Wildman–Crippen MR) is 126 cm³/mol. The van der Waals surface area contributed by atoms with Crippen molar-refractivity contribution in [2.75, 3.05) is 25.3 Å². The number of methoxy groups -OCH3 is 2. The third-order valence-electron chi connectivity index (χ3n) is 4.88. The number of amides is 1. The highest BCUT2D eigenvalue weighted by Gasteiger charge is 2.19. The normalized spacial score (nSPS) is 11.5. The highest BCUT2D eigenvalue weighted by Crippen LogP contribution is 2.30. The molecule has 172 valence electrons. The SMILES string of the molecule is COc1ccc(S(=O)(=O)CCC(=O)Nc2cc(C)nn2-c2nc3ccc(OC)cc3s2)cc1. The van der Waals surface area contributed by atoms with Gasteiger partial charge in [0, 0.05) is 12.5 Å². The summed E-state index contributed by atoms with van der Waals surface area (Å²) in [5.41, 5.74) is 1.47. The van der Waals surface area contributed by atoms with Crippen molar-refractivity contribution in [2.24, 2.45) is 0 Å². The minimum Gasteiger partial charge on any atom is -0.497 e. The van der Waals surface area contributed by atoms with Crippen LogP contribution in [0.3, 0.4) is 0 Å². The van der Waals surface area contributed by atoms with Gasteiger partial charge in [0.1, 0.15) is 17.3 Å². The summed E-state index contributed by atoms with van der Waals surface area (Å²) in [4.78, 5) is 17.3. The second-order valence-corrected chi connectivity index (χ2v) is 10.3. The maximum Gasteiger partial charge on any atom is 0.226 e. The van der Waals surface area contributed by atoms with Gasteiger partial charge in [0.15, 0.2) is 9.84 Å². The number of nitrogens with one attached hydrogen (secondary N) is 1. The summed E-state index contributed by atoms with van der Waals surface area (Å²) in [5, 5.41) is 7.77. The topological polar surface area (TPSA) is 112 Å². The van der Waals surface area contributed by atoms with Crippen molar-refractivity contribution in [1.29, 1.82) is 0 Å². The first-order valence-corrected chi connectivity index (χ1v) is 12.4. The van der Waals surface area contributed by atoms with E-state index < -0.39 is 15.7 Å². The lowest BCUT2D eigenvalue weighted by atomic mass is 10.3. The van der Waals surface area contributed by atoms with Crippen LogP contribution in [-0.2, 0) is 14.6 Å². The van der Waals surface area contributed by atoms with Gasteiger partial charge in [0.25, 0.3) is 0 Å². The van der Waals surface area contributed by atoms with Crippen molar-refractivity contribution in [3.05, 3.63) is 54.2 Å². The van der Waals surface area contributed by atoms with E-state index in [0.29, 0.717) is 22.4 Å². The van der Waals surface area contributed by atoms with E-state index in [2.05, 4.69) is 15.4 Å². The van der Waals surface area contributed by atoms with Crippen LogP contribution in [0.5, 0.6) is 11.5 Å². The molecule has 0 saturated heterocycles. The number of hydrogen-bond acceptors (Lipinski definition) is 8. The standard InChI is InChI=1S/C22H22N4O5S2/c1-14-12-20(26(25-14)22-23-18-9-6-16(31-3)13-19(18)32-22)24-21(27)10-11-33(28,29)17-7-4-15(30-2)5-8-17/h4-9,12-13H,10-11H2,1-3H3,(H,24,27). The van der Waals surface area contributed by atoms with Crippen LogP contribution in [0.1, 0.15) is 12.1 Å². The number of benzene rings is 2. The summed E-state index contributed by atoms with van der Waals surface area (Å²) in [6.45, 7) is 1.80. The van der Waals surface area contributed by atoms with Gasteiger partial charge in [-0.3, -0.25) is 4.79 Å². The molecular formula is C22H22N4O5S2. The van der Waals surface area contributed by atoms with Gasteiger partial charge in [-0.05, 0) is 49.4 Å². The number of thiazole rings is 1. The Balaban J connectivity index is 1.49. The Kier molecular flexibility index (Phi) is 6.34. The number of nitrogens with zero attached hydrogens (tertiary/aromatic N) is 3. The Hall–Kier alpha value is -3.44. The lowest BCUT2D eigenvalue weighted by molar-refractivity contribution is -0.115. The minimum absolute atomic E-state index is 0.141. The lowest BCUT2D eigenvalue weighted by Gasteiger charge is -2.08. The molecule has 4 aromatic rings. The van der Waals surface area contributed by atoms with Crippen LogP contribution < -0.4 is 14.8 Å². The number of carbonyl (C=O) groups excluding carboxylic acids is 1. The van der Waals surface area contributed by atoms with E-state index in [1.54, 1.807) is 36.9 Å². The molecule has 0 bridgehead atoms. The van der Waals surface area contributed by atoms with Gasteiger partial charge in [0.2, 0.25) is 11.0 Å². The Morgan fingerprint density at radius 3 is 2.45 bits per heavy atom. The summed E-state index contributed by atoms with van der Waals surface area (Å²) >= 11 is 1.40. The molecule has 0 aliphatic heterocycles. The van der Waals surface area contributed by atoms with E-state index in [0.717, 1.165) is 16.0 Å². The zero-order chi connectivity index (χ0) is 23.6. The fraction of sp³-hybridized carbons (Fsp3) is 0.227. The molecule has 4 rings (SSSR count). The van der Waals surface area contributed by atoms with E-state index in [1.807, 2.05) is 18.2 Å². The number of aryl methyl sites for hydroxylation is 1. The first-order chi connectivity index (χ1) is 15.8. The van der Waals surface area contributed by atoms with Gasteiger partial charge in [-0.25, -0.2) is 13.4 Å². The minimum atomic E-state index is -3.61. The molecule has 0 aliphatic carbocycles. The van der Waals surface area contributed by atoms with Crippen LogP contribution in [0.15, 0.2) is 53.4 Å². The molecule has 2 aromatic heterocycles. The number of anilines is 1. The first kappa shape index (κ1) is 22.7. The molecule has 0 atom stereocenters. The predicted octanol–water partition coefficient (Wildman–Crippen LogP) is 3.61. The number of sulfone groups is 1. The molecule has 2 heterocycles. The molecule has 1 amide bonds. The van der Waals surface area contributed by atoms with E-state index in [-0.39, 0.29) is 17.1 Å². The zero-order valence-electron chi connectivity index (χ0n) is 18.2. The van der Waals surface area contributed by atoms with Gasteiger partial charge in [0.05, 0.1) is 40.8 Å². The number of rotatable bonds is 8. The molecule has 11 heteroatoms. The molecule has 0 fully saturated rings.